The molecule has 1 amide bonds. The van der Waals surface area contributed by atoms with Gasteiger partial charge in [0.15, 0.2) is 11.5 Å². The van der Waals surface area contributed by atoms with Gasteiger partial charge in [-0.2, -0.15) is 0 Å². The third kappa shape index (κ3) is 4.67. The van der Waals surface area contributed by atoms with Crippen molar-refractivity contribution >= 4 is 38.9 Å². The summed E-state index contributed by atoms with van der Waals surface area (Å²) < 4.78 is 37.3. The Labute approximate surface area is 186 Å². The van der Waals surface area contributed by atoms with Gasteiger partial charge in [-0.1, -0.05) is 17.7 Å². The molecule has 0 atom stereocenters. The number of hydrogen-bond donors (Lipinski definition) is 0. The van der Waals surface area contributed by atoms with Gasteiger partial charge in [0.05, 0.1) is 11.4 Å². The van der Waals surface area contributed by atoms with Crippen molar-refractivity contribution in [3.63, 3.8) is 0 Å². The number of fused-ring (bicyclic) bond motifs is 1. The van der Waals surface area contributed by atoms with Crippen molar-refractivity contribution < 1.29 is 22.7 Å². The Hall–Kier alpha value is -2.65. The van der Waals surface area contributed by atoms with E-state index in [1.54, 1.807) is 30.0 Å². The molecule has 31 heavy (non-hydrogen) atoms. The average Bonchev–Trinajstić information content (AvgIpc) is 3.25. The molecule has 2 aromatic carbocycles. The van der Waals surface area contributed by atoms with E-state index in [2.05, 4.69) is 4.90 Å². The summed E-state index contributed by atoms with van der Waals surface area (Å²) in [6, 6.07) is 12.5. The van der Waals surface area contributed by atoms with Gasteiger partial charge in [0.1, 0.15) is 6.54 Å². The van der Waals surface area contributed by atoms with Crippen LogP contribution in [0.2, 0.25) is 5.02 Å². The van der Waals surface area contributed by atoms with E-state index in [1.165, 1.54) is 0 Å². The molecule has 0 aliphatic carbocycles. The number of anilines is 2. The van der Waals surface area contributed by atoms with Gasteiger partial charge in [-0.3, -0.25) is 9.10 Å². The fraction of sp³-hybridized carbons (Fsp3) is 0.381. The molecule has 8 nitrogen and oxygen atoms in total. The van der Waals surface area contributed by atoms with Gasteiger partial charge in [0.25, 0.3) is 0 Å². The molecule has 2 aliphatic heterocycles. The molecule has 2 heterocycles. The molecule has 4 rings (SSSR count). The zero-order valence-electron chi connectivity index (χ0n) is 17.2. The Bertz CT molecular complexity index is 1070. The lowest BCUT2D eigenvalue weighted by Gasteiger charge is -2.37. The van der Waals surface area contributed by atoms with Crippen molar-refractivity contribution in [3.8, 4) is 11.5 Å². The predicted octanol–water partition coefficient (Wildman–Crippen LogP) is 2.57. The van der Waals surface area contributed by atoms with E-state index in [9.17, 15) is 13.2 Å². The number of benzene rings is 2. The highest BCUT2D eigenvalue weighted by Crippen LogP contribution is 2.36. The maximum atomic E-state index is 13.0. The Morgan fingerprint density at radius 3 is 2.52 bits per heavy atom. The number of rotatable bonds is 6. The zero-order chi connectivity index (χ0) is 22.0. The maximum absolute atomic E-state index is 13.0. The molecule has 0 N–H and O–H groups in total. The fourth-order valence-electron chi connectivity index (χ4n) is 3.66. The lowest BCUT2D eigenvalue weighted by molar-refractivity contribution is -0.129. The van der Waals surface area contributed by atoms with Crippen molar-refractivity contribution in [1.82, 2.24) is 4.90 Å². The van der Waals surface area contributed by atoms with Crippen molar-refractivity contribution in [1.29, 1.82) is 0 Å². The van der Waals surface area contributed by atoms with Gasteiger partial charge in [-0.05, 0) is 37.3 Å². The first-order chi connectivity index (χ1) is 14.9. The first kappa shape index (κ1) is 21.6. The van der Waals surface area contributed by atoms with Gasteiger partial charge in [0.2, 0.25) is 22.7 Å². The monoisotopic (exact) mass is 465 g/mol. The third-order valence-electron chi connectivity index (χ3n) is 5.43. The third-order valence-corrected chi connectivity index (χ3v) is 7.41. The van der Waals surface area contributed by atoms with E-state index in [-0.39, 0.29) is 25.0 Å². The molecule has 0 unspecified atom stereocenters. The number of piperazine rings is 1. The second-order valence-corrected chi connectivity index (χ2v) is 9.91. The van der Waals surface area contributed by atoms with Crippen molar-refractivity contribution in [2.45, 2.75) is 6.92 Å². The van der Waals surface area contributed by atoms with Crippen LogP contribution in [0.25, 0.3) is 0 Å². The summed E-state index contributed by atoms with van der Waals surface area (Å²) in [4.78, 5) is 16.9. The number of carbonyl (C=O) groups is 1. The summed E-state index contributed by atoms with van der Waals surface area (Å²) in [5, 5.41) is 0.667. The number of carbonyl (C=O) groups excluding carboxylic acids is 1. The normalized spacial score (nSPS) is 15.8. The van der Waals surface area contributed by atoms with Gasteiger partial charge < -0.3 is 19.3 Å². The summed E-state index contributed by atoms with van der Waals surface area (Å²) in [7, 11) is -3.66. The van der Waals surface area contributed by atoms with Crippen LogP contribution >= 0.6 is 11.6 Å². The number of ether oxygens (including phenoxy) is 2. The molecule has 10 heteroatoms. The van der Waals surface area contributed by atoms with Crippen LogP contribution in [0.3, 0.4) is 0 Å². The molecule has 0 radical (unpaired) electrons. The quantitative estimate of drug-likeness (QED) is 0.652. The van der Waals surface area contributed by atoms with Gasteiger partial charge in [-0.25, -0.2) is 8.42 Å². The van der Waals surface area contributed by atoms with Crippen molar-refractivity contribution in [2.24, 2.45) is 0 Å². The molecule has 1 fully saturated rings. The molecule has 0 bridgehead atoms. The van der Waals surface area contributed by atoms with Gasteiger partial charge in [0, 0.05) is 43.0 Å². The Morgan fingerprint density at radius 2 is 1.81 bits per heavy atom. The minimum absolute atomic E-state index is 0.0924. The first-order valence-electron chi connectivity index (χ1n) is 10.1. The van der Waals surface area contributed by atoms with Crippen molar-refractivity contribution in [2.75, 3.05) is 54.5 Å². The lowest BCUT2D eigenvalue weighted by Crippen LogP contribution is -2.52. The lowest BCUT2D eigenvalue weighted by atomic mass is 10.2. The highest BCUT2D eigenvalue weighted by Gasteiger charge is 2.29. The van der Waals surface area contributed by atoms with Crippen LogP contribution < -0.4 is 18.7 Å². The van der Waals surface area contributed by atoms with Gasteiger partial charge in [-0.15, -0.1) is 0 Å². The Kier molecular flexibility index (Phi) is 6.15. The Morgan fingerprint density at radius 1 is 1.06 bits per heavy atom. The molecule has 1 saturated heterocycles. The van der Waals surface area contributed by atoms with E-state index >= 15 is 0 Å². The standard InChI is InChI=1S/C21H24ClN3O5S/c1-2-31(27,28)25(18-6-7-19-20(13-18)30-15-29-19)14-21(26)24-10-8-23(9-11-24)17-5-3-4-16(22)12-17/h3-7,12-13H,2,8-11,14-15H2,1H3. The second-order valence-electron chi connectivity index (χ2n) is 7.29. The minimum Gasteiger partial charge on any atom is -0.454 e. The van der Waals surface area contributed by atoms with Crippen LogP contribution in [0.4, 0.5) is 11.4 Å². The van der Waals surface area contributed by atoms with Crippen LogP contribution in [0.15, 0.2) is 42.5 Å². The molecule has 166 valence electrons. The Balaban J connectivity index is 1.46. The van der Waals surface area contributed by atoms with Crippen LogP contribution in [0.1, 0.15) is 6.92 Å². The summed E-state index contributed by atoms with van der Waals surface area (Å²) in [5.74, 6) is 0.676. The summed E-state index contributed by atoms with van der Waals surface area (Å²) in [6.45, 7) is 3.71. The van der Waals surface area contributed by atoms with Gasteiger partial charge >= 0.3 is 0 Å². The van der Waals surface area contributed by atoms with E-state index in [1.807, 2.05) is 24.3 Å². The SMILES string of the molecule is CCS(=O)(=O)N(CC(=O)N1CCN(c2cccc(Cl)c2)CC1)c1ccc2c(c1)OCO2. The van der Waals surface area contributed by atoms with Crippen LogP contribution in [-0.2, 0) is 14.8 Å². The van der Waals surface area contributed by atoms with E-state index in [0.29, 0.717) is 48.4 Å². The number of hydrogen-bond acceptors (Lipinski definition) is 6. The predicted molar refractivity (Wildman–Crippen MR) is 120 cm³/mol. The highest BCUT2D eigenvalue weighted by molar-refractivity contribution is 7.92. The summed E-state index contributed by atoms with van der Waals surface area (Å²) >= 11 is 6.08. The highest BCUT2D eigenvalue weighted by atomic mass is 35.5. The van der Waals surface area contributed by atoms with E-state index in [0.717, 1.165) is 9.99 Å². The molecule has 0 spiro atoms. The summed E-state index contributed by atoms with van der Waals surface area (Å²) in [5.41, 5.74) is 1.40. The molecule has 2 aromatic rings. The largest absolute Gasteiger partial charge is 0.454 e. The van der Waals surface area contributed by atoms with E-state index in [4.69, 9.17) is 21.1 Å². The number of sulfonamides is 1. The molecular weight excluding hydrogens is 442 g/mol. The van der Waals surface area contributed by atoms with Crippen LogP contribution in [0, 0.1) is 0 Å². The number of amides is 1. The van der Waals surface area contributed by atoms with Crippen LogP contribution in [0.5, 0.6) is 11.5 Å². The van der Waals surface area contributed by atoms with E-state index < -0.39 is 10.0 Å². The minimum atomic E-state index is -3.66. The molecular formula is C21H24ClN3O5S. The number of halogens is 1. The summed E-state index contributed by atoms with van der Waals surface area (Å²) in [6.07, 6.45) is 0. The van der Waals surface area contributed by atoms with Crippen molar-refractivity contribution in [3.05, 3.63) is 47.5 Å². The average molecular weight is 466 g/mol. The maximum Gasteiger partial charge on any atom is 0.243 e. The molecule has 2 aliphatic rings. The first-order valence-corrected chi connectivity index (χ1v) is 12.0. The molecule has 0 saturated carbocycles. The smallest absolute Gasteiger partial charge is 0.243 e. The zero-order valence-corrected chi connectivity index (χ0v) is 18.7. The molecule has 0 aromatic heterocycles. The fourth-order valence-corrected chi connectivity index (χ4v) is 4.89. The van der Waals surface area contributed by atoms with Crippen LogP contribution in [-0.4, -0.2) is 64.5 Å². The number of nitrogens with zero attached hydrogens (tertiary/aromatic N) is 3. The second kappa shape index (κ2) is 8.84. The topological polar surface area (TPSA) is 79.4 Å².